The Labute approximate surface area is 173 Å². The SMILES string of the molecule is COc1cc(C2=NN3[C@H](C2)c2cc(Cl)ccc2O[C@@H]3c2ccccn2)ccc1O. The van der Waals surface area contributed by atoms with E-state index in [0.29, 0.717) is 17.2 Å². The third-order valence-electron chi connectivity index (χ3n) is 5.21. The molecule has 3 aromatic rings. The number of aromatic nitrogens is 1. The number of fused-ring (bicyclic) bond motifs is 3. The topological polar surface area (TPSA) is 67.2 Å². The van der Waals surface area contributed by atoms with Crippen LogP contribution in [-0.4, -0.2) is 27.9 Å². The molecule has 0 saturated heterocycles. The van der Waals surface area contributed by atoms with Crippen molar-refractivity contribution >= 4 is 17.3 Å². The number of pyridine rings is 1. The summed E-state index contributed by atoms with van der Waals surface area (Å²) < 4.78 is 11.5. The van der Waals surface area contributed by atoms with Crippen LogP contribution in [-0.2, 0) is 0 Å². The van der Waals surface area contributed by atoms with E-state index in [-0.39, 0.29) is 11.8 Å². The minimum atomic E-state index is -0.439. The zero-order chi connectivity index (χ0) is 20.0. The maximum Gasteiger partial charge on any atom is 0.230 e. The van der Waals surface area contributed by atoms with Crippen LogP contribution in [0.1, 0.15) is 35.5 Å². The molecule has 0 radical (unpaired) electrons. The van der Waals surface area contributed by atoms with E-state index in [2.05, 4.69) is 4.98 Å². The summed E-state index contributed by atoms with van der Waals surface area (Å²) in [5, 5.41) is 17.4. The van der Waals surface area contributed by atoms with Gasteiger partial charge in [0.1, 0.15) is 11.4 Å². The van der Waals surface area contributed by atoms with Crippen LogP contribution in [0.4, 0.5) is 0 Å². The lowest BCUT2D eigenvalue weighted by molar-refractivity contribution is -0.0218. The summed E-state index contributed by atoms with van der Waals surface area (Å²) in [6.07, 6.45) is 1.98. The number of nitrogens with zero attached hydrogens (tertiary/aromatic N) is 3. The second kappa shape index (κ2) is 6.97. The Morgan fingerprint density at radius 3 is 2.86 bits per heavy atom. The summed E-state index contributed by atoms with van der Waals surface area (Å²) in [4.78, 5) is 4.48. The molecule has 0 saturated carbocycles. The van der Waals surface area contributed by atoms with Gasteiger partial charge >= 0.3 is 0 Å². The predicted molar refractivity (Wildman–Crippen MR) is 109 cm³/mol. The maximum atomic E-state index is 9.92. The van der Waals surface area contributed by atoms with Gasteiger partial charge in [0.15, 0.2) is 11.5 Å². The first-order valence-electron chi connectivity index (χ1n) is 9.24. The Balaban J connectivity index is 1.60. The molecule has 0 amide bonds. The highest BCUT2D eigenvalue weighted by Crippen LogP contribution is 2.48. The average Bonchev–Trinajstić information content (AvgIpc) is 3.20. The summed E-state index contributed by atoms with van der Waals surface area (Å²) in [5.74, 6) is 1.29. The van der Waals surface area contributed by atoms with Crippen LogP contribution in [0.5, 0.6) is 17.2 Å². The molecule has 2 aromatic carbocycles. The molecule has 2 atom stereocenters. The molecule has 2 aliphatic rings. The minimum Gasteiger partial charge on any atom is -0.504 e. The van der Waals surface area contributed by atoms with E-state index in [1.54, 1.807) is 18.3 Å². The van der Waals surface area contributed by atoms with Gasteiger partial charge in [0.05, 0.1) is 18.9 Å². The molecule has 7 heteroatoms. The number of ether oxygens (including phenoxy) is 2. The molecule has 0 unspecified atom stereocenters. The third-order valence-corrected chi connectivity index (χ3v) is 5.44. The molecule has 1 N–H and O–H groups in total. The summed E-state index contributed by atoms with van der Waals surface area (Å²) in [6.45, 7) is 0. The molecule has 0 fully saturated rings. The van der Waals surface area contributed by atoms with Crippen molar-refractivity contribution in [3.8, 4) is 17.2 Å². The van der Waals surface area contributed by atoms with Crippen LogP contribution in [0, 0.1) is 0 Å². The number of phenols is 1. The number of phenolic OH excluding ortho intramolecular Hbond substituents is 1. The number of hydrogen-bond acceptors (Lipinski definition) is 6. The monoisotopic (exact) mass is 407 g/mol. The van der Waals surface area contributed by atoms with Gasteiger partial charge in [-0.2, -0.15) is 5.10 Å². The van der Waals surface area contributed by atoms with Crippen LogP contribution < -0.4 is 9.47 Å². The molecule has 1 aromatic heterocycles. The molecule has 146 valence electrons. The van der Waals surface area contributed by atoms with Crippen molar-refractivity contribution in [2.45, 2.75) is 18.7 Å². The molecular formula is C22H18ClN3O3. The lowest BCUT2D eigenvalue weighted by Gasteiger charge is -2.37. The van der Waals surface area contributed by atoms with Crippen molar-refractivity contribution in [3.63, 3.8) is 0 Å². The first-order chi connectivity index (χ1) is 14.1. The van der Waals surface area contributed by atoms with Crippen molar-refractivity contribution in [1.29, 1.82) is 0 Å². The normalized spacial score (nSPS) is 19.8. The summed E-state index contributed by atoms with van der Waals surface area (Å²) in [7, 11) is 1.53. The molecular weight excluding hydrogens is 390 g/mol. The Bertz CT molecular complexity index is 1100. The summed E-state index contributed by atoms with van der Waals surface area (Å²) in [6, 6.07) is 16.6. The fourth-order valence-electron chi connectivity index (χ4n) is 3.81. The van der Waals surface area contributed by atoms with Gasteiger partial charge in [0, 0.05) is 28.8 Å². The maximum absolute atomic E-state index is 9.92. The fourth-order valence-corrected chi connectivity index (χ4v) is 3.99. The van der Waals surface area contributed by atoms with Crippen molar-refractivity contribution in [1.82, 2.24) is 9.99 Å². The summed E-state index contributed by atoms with van der Waals surface area (Å²) >= 11 is 6.26. The van der Waals surface area contributed by atoms with Gasteiger partial charge in [-0.15, -0.1) is 0 Å². The van der Waals surface area contributed by atoms with Gasteiger partial charge in [0.2, 0.25) is 6.23 Å². The van der Waals surface area contributed by atoms with Crippen LogP contribution in [0.3, 0.4) is 0 Å². The van der Waals surface area contributed by atoms with Gasteiger partial charge < -0.3 is 14.6 Å². The van der Waals surface area contributed by atoms with Gasteiger partial charge in [0.25, 0.3) is 0 Å². The standard InChI is InChI=1S/C22H18ClN3O3/c1-28-21-10-13(5-7-19(21)27)17-12-18-15-11-14(23)6-8-20(15)29-22(26(18)25-17)16-4-2-3-9-24-16/h2-11,18,22,27H,12H2,1H3/t18-,22-/m1/s1. The van der Waals surface area contributed by atoms with Crippen molar-refractivity contribution in [3.05, 3.63) is 82.6 Å². The molecule has 6 nitrogen and oxygen atoms in total. The Morgan fingerprint density at radius 1 is 1.17 bits per heavy atom. The van der Waals surface area contributed by atoms with E-state index < -0.39 is 6.23 Å². The number of hydrazone groups is 1. The van der Waals surface area contributed by atoms with Gasteiger partial charge in [-0.05, 0) is 48.5 Å². The highest BCUT2D eigenvalue weighted by atomic mass is 35.5. The van der Waals surface area contributed by atoms with Crippen LogP contribution >= 0.6 is 11.6 Å². The number of rotatable bonds is 3. The molecule has 0 aliphatic carbocycles. The quantitative estimate of drug-likeness (QED) is 0.682. The zero-order valence-electron chi connectivity index (χ0n) is 15.6. The zero-order valence-corrected chi connectivity index (χ0v) is 16.4. The van der Waals surface area contributed by atoms with Crippen LogP contribution in [0.15, 0.2) is 65.9 Å². The molecule has 3 heterocycles. The van der Waals surface area contributed by atoms with E-state index >= 15 is 0 Å². The highest BCUT2D eigenvalue weighted by Gasteiger charge is 2.41. The number of hydrogen-bond donors (Lipinski definition) is 1. The van der Waals surface area contributed by atoms with E-state index in [9.17, 15) is 5.11 Å². The largest absolute Gasteiger partial charge is 0.504 e. The first kappa shape index (κ1) is 17.8. The average molecular weight is 408 g/mol. The number of benzene rings is 2. The second-order valence-corrected chi connectivity index (χ2v) is 7.38. The van der Waals surface area contributed by atoms with E-state index in [1.165, 1.54) is 7.11 Å². The van der Waals surface area contributed by atoms with E-state index in [4.69, 9.17) is 26.2 Å². The molecule has 0 spiro atoms. The van der Waals surface area contributed by atoms with Crippen molar-refractivity contribution in [2.24, 2.45) is 5.10 Å². The minimum absolute atomic E-state index is 0.0285. The number of aromatic hydroxyl groups is 1. The Kier molecular flexibility index (Phi) is 4.28. The number of methoxy groups -OCH3 is 1. The van der Waals surface area contributed by atoms with E-state index in [1.807, 2.05) is 47.5 Å². The summed E-state index contributed by atoms with van der Waals surface area (Å²) in [5.41, 5.74) is 3.55. The fraction of sp³-hybridized carbons (Fsp3) is 0.182. The molecule has 0 bridgehead atoms. The number of halogens is 1. The molecule has 5 rings (SSSR count). The van der Waals surface area contributed by atoms with Gasteiger partial charge in [-0.3, -0.25) is 4.98 Å². The Morgan fingerprint density at radius 2 is 2.07 bits per heavy atom. The van der Waals surface area contributed by atoms with Crippen molar-refractivity contribution in [2.75, 3.05) is 7.11 Å². The smallest absolute Gasteiger partial charge is 0.230 e. The van der Waals surface area contributed by atoms with Gasteiger partial charge in [-0.25, -0.2) is 5.01 Å². The third kappa shape index (κ3) is 3.06. The lowest BCUT2D eigenvalue weighted by atomic mass is 9.96. The van der Waals surface area contributed by atoms with Crippen molar-refractivity contribution < 1.29 is 14.6 Å². The Hall–Kier alpha value is -3.25. The highest BCUT2D eigenvalue weighted by molar-refractivity contribution is 6.30. The molecule has 2 aliphatic heterocycles. The van der Waals surface area contributed by atoms with E-state index in [0.717, 1.165) is 28.3 Å². The first-order valence-corrected chi connectivity index (χ1v) is 9.62. The lowest BCUT2D eigenvalue weighted by Crippen LogP contribution is -2.34. The second-order valence-electron chi connectivity index (χ2n) is 6.94. The predicted octanol–water partition coefficient (Wildman–Crippen LogP) is 4.69. The van der Waals surface area contributed by atoms with Crippen LogP contribution in [0.2, 0.25) is 5.02 Å². The van der Waals surface area contributed by atoms with Crippen LogP contribution in [0.25, 0.3) is 0 Å². The van der Waals surface area contributed by atoms with Gasteiger partial charge in [-0.1, -0.05) is 17.7 Å². The molecule has 29 heavy (non-hydrogen) atoms.